The van der Waals surface area contributed by atoms with Crippen LogP contribution >= 0.6 is 0 Å². The Morgan fingerprint density at radius 1 is 1.06 bits per heavy atom. The van der Waals surface area contributed by atoms with Crippen molar-refractivity contribution in [1.29, 1.82) is 0 Å². The Hall–Kier alpha value is -4.00. The van der Waals surface area contributed by atoms with Crippen molar-refractivity contribution in [3.8, 4) is 0 Å². The zero-order valence-corrected chi connectivity index (χ0v) is 17.0. The molecule has 0 aliphatic carbocycles. The average molecular weight is 413 g/mol. The third-order valence-corrected chi connectivity index (χ3v) is 5.09. The number of carbonyl (C=O) groups is 2. The first kappa shape index (κ1) is 20.3. The van der Waals surface area contributed by atoms with Gasteiger partial charge in [-0.3, -0.25) is 9.59 Å². The van der Waals surface area contributed by atoms with E-state index in [2.05, 4.69) is 38.5 Å². The Balaban J connectivity index is 1.31. The fourth-order valence-electron chi connectivity index (χ4n) is 3.41. The van der Waals surface area contributed by atoms with Crippen LogP contribution in [0.3, 0.4) is 0 Å². The van der Waals surface area contributed by atoms with E-state index in [1.54, 1.807) is 30.5 Å². The van der Waals surface area contributed by atoms with E-state index in [0.717, 1.165) is 18.4 Å². The lowest BCUT2D eigenvalue weighted by Gasteiger charge is -2.18. The number of carbonyl (C=O) groups excluding carboxylic acids is 2. The van der Waals surface area contributed by atoms with Crippen LogP contribution in [0.1, 0.15) is 34.5 Å². The number of nitrogens with zero attached hydrogens (tertiary/aromatic N) is 3. The minimum atomic E-state index is -0.312. The van der Waals surface area contributed by atoms with Gasteiger partial charge in [0.15, 0.2) is 0 Å². The zero-order valence-electron chi connectivity index (χ0n) is 17.0. The lowest BCUT2D eigenvalue weighted by atomic mass is 10.0. The molecular weight excluding hydrogens is 390 g/mol. The van der Waals surface area contributed by atoms with Crippen LogP contribution in [0.25, 0.3) is 11.6 Å². The fraction of sp³-hybridized carbons (Fsp3) is 0.167. The lowest BCUT2D eigenvalue weighted by Crippen LogP contribution is -2.30. The van der Waals surface area contributed by atoms with E-state index in [1.807, 2.05) is 23.1 Å². The monoisotopic (exact) mass is 413 g/mol. The largest absolute Gasteiger partial charge is 0.341 e. The summed E-state index contributed by atoms with van der Waals surface area (Å²) >= 11 is 0. The van der Waals surface area contributed by atoms with Gasteiger partial charge in [-0.1, -0.05) is 36.4 Å². The van der Waals surface area contributed by atoms with E-state index in [9.17, 15) is 9.59 Å². The minimum Gasteiger partial charge on any atom is -0.341 e. The molecule has 0 fully saturated rings. The van der Waals surface area contributed by atoms with Crippen molar-refractivity contribution in [3.63, 3.8) is 0 Å². The number of amides is 2. The summed E-state index contributed by atoms with van der Waals surface area (Å²) in [6.07, 6.45) is 11.7. The average Bonchev–Trinajstić information content (AvgIpc) is 3.24. The first-order valence-corrected chi connectivity index (χ1v) is 10.2. The normalized spacial score (nSPS) is 14.2. The van der Waals surface area contributed by atoms with Crippen LogP contribution in [0.5, 0.6) is 0 Å². The maximum atomic E-state index is 12.6. The maximum absolute atomic E-state index is 12.6. The molecule has 2 amide bonds. The molecule has 3 heterocycles. The summed E-state index contributed by atoms with van der Waals surface area (Å²) in [4.78, 5) is 37.3. The third kappa shape index (κ3) is 5.33. The van der Waals surface area contributed by atoms with E-state index < -0.39 is 0 Å². The van der Waals surface area contributed by atoms with Gasteiger partial charge in [0.2, 0.25) is 5.91 Å². The number of imidazole rings is 1. The number of hydrogen-bond acceptors (Lipinski definition) is 4. The van der Waals surface area contributed by atoms with Gasteiger partial charge >= 0.3 is 0 Å². The van der Waals surface area contributed by atoms with E-state index in [0.29, 0.717) is 24.6 Å². The molecule has 7 nitrogen and oxygen atoms in total. The summed E-state index contributed by atoms with van der Waals surface area (Å²) in [5.41, 5.74) is 3.65. The van der Waals surface area contributed by atoms with E-state index >= 15 is 0 Å². The number of benzene rings is 1. The molecule has 7 heteroatoms. The second kappa shape index (κ2) is 9.67. The molecule has 0 saturated carbocycles. The molecule has 2 N–H and O–H groups in total. The molecule has 0 unspecified atom stereocenters. The SMILES string of the molecule is O=C(Nc1ccc(/C=C/C(=O)N2CCC=C(c3ccccc3)CC2)cn1)c1cnc[nH]1. The van der Waals surface area contributed by atoms with Gasteiger partial charge < -0.3 is 15.2 Å². The Bertz CT molecular complexity index is 1090. The highest BCUT2D eigenvalue weighted by Gasteiger charge is 2.15. The predicted octanol–water partition coefficient (Wildman–Crippen LogP) is 3.78. The molecule has 2 aromatic heterocycles. The smallest absolute Gasteiger partial charge is 0.274 e. The van der Waals surface area contributed by atoms with Crippen molar-refractivity contribution < 1.29 is 9.59 Å². The van der Waals surface area contributed by atoms with E-state index in [4.69, 9.17) is 0 Å². The maximum Gasteiger partial charge on any atom is 0.274 e. The first-order chi connectivity index (χ1) is 15.2. The molecule has 0 radical (unpaired) electrons. The Morgan fingerprint density at radius 3 is 2.68 bits per heavy atom. The first-order valence-electron chi connectivity index (χ1n) is 10.2. The molecule has 0 atom stereocenters. The zero-order chi connectivity index (χ0) is 21.5. The van der Waals surface area contributed by atoms with Gasteiger partial charge in [-0.15, -0.1) is 0 Å². The summed E-state index contributed by atoms with van der Waals surface area (Å²) in [7, 11) is 0. The summed E-state index contributed by atoms with van der Waals surface area (Å²) in [6.45, 7) is 1.40. The number of H-pyrrole nitrogens is 1. The van der Waals surface area contributed by atoms with Crippen LogP contribution in [0.2, 0.25) is 0 Å². The molecule has 0 saturated heterocycles. The molecular formula is C24H23N5O2. The summed E-state index contributed by atoms with van der Waals surface area (Å²) in [5.74, 6) is 0.0996. The van der Waals surface area contributed by atoms with Crippen LogP contribution in [-0.2, 0) is 4.79 Å². The van der Waals surface area contributed by atoms with Crippen LogP contribution in [0.4, 0.5) is 5.82 Å². The predicted molar refractivity (Wildman–Crippen MR) is 120 cm³/mol. The van der Waals surface area contributed by atoms with Gasteiger partial charge in [-0.05, 0) is 47.8 Å². The molecule has 1 aromatic carbocycles. The molecule has 0 bridgehead atoms. The van der Waals surface area contributed by atoms with Gasteiger partial charge in [0.05, 0.1) is 12.5 Å². The number of anilines is 1. The van der Waals surface area contributed by atoms with Crippen molar-refractivity contribution in [1.82, 2.24) is 19.9 Å². The number of hydrogen-bond donors (Lipinski definition) is 2. The van der Waals surface area contributed by atoms with Gasteiger partial charge in [-0.2, -0.15) is 0 Å². The summed E-state index contributed by atoms with van der Waals surface area (Å²) < 4.78 is 0. The Morgan fingerprint density at radius 2 is 1.94 bits per heavy atom. The second-order valence-electron chi connectivity index (χ2n) is 7.19. The molecule has 0 spiro atoms. The number of nitrogens with one attached hydrogen (secondary N) is 2. The number of rotatable bonds is 5. The molecule has 156 valence electrons. The third-order valence-electron chi connectivity index (χ3n) is 5.09. The van der Waals surface area contributed by atoms with E-state index in [1.165, 1.54) is 23.7 Å². The molecule has 3 aromatic rings. The number of aromatic amines is 1. The Kier molecular flexibility index (Phi) is 6.32. The number of pyridine rings is 1. The lowest BCUT2D eigenvalue weighted by molar-refractivity contribution is -0.125. The molecule has 4 rings (SSSR count). The summed E-state index contributed by atoms with van der Waals surface area (Å²) in [5, 5.41) is 2.69. The van der Waals surface area contributed by atoms with Crippen molar-refractivity contribution >= 4 is 29.3 Å². The molecule has 1 aliphatic heterocycles. The van der Waals surface area contributed by atoms with Crippen molar-refractivity contribution in [2.45, 2.75) is 12.8 Å². The van der Waals surface area contributed by atoms with E-state index in [-0.39, 0.29) is 11.8 Å². The topological polar surface area (TPSA) is 91.0 Å². The summed E-state index contributed by atoms with van der Waals surface area (Å²) in [6, 6.07) is 13.8. The Labute approximate surface area is 180 Å². The molecule has 31 heavy (non-hydrogen) atoms. The van der Waals surface area contributed by atoms with Gasteiger partial charge in [0, 0.05) is 25.4 Å². The van der Waals surface area contributed by atoms with Crippen molar-refractivity contribution in [3.05, 3.63) is 90.2 Å². The highest BCUT2D eigenvalue weighted by atomic mass is 16.2. The van der Waals surface area contributed by atoms with Crippen LogP contribution < -0.4 is 5.32 Å². The minimum absolute atomic E-state index is 0.0145. The number of aromatic nitrogens is 3. The molecule has 1 aliphatic rings. The van der Waals surface area contributed by atoms with Crippen LogP contribution in [0.15, 0.2) is 73.3 Å². The highest BCUT2D eigenvalue weighted by Crippen LogP contribution is 2.22. The van der Waals surface area contributed by atoms with Crippen LogP contribution in [0, 0.1) is 0 Å². The van der Waals surface area contributed by atoms with Crippen LogP contribution in [-0.4, -0.2) is 44.8 Å². The fourth-order valence-corrected chi connectivity index (χ4v) is 3.41. The van der Waals surface area contributed by atoms with Gasteiger partial charge in [0.25, 0.3) is 5.91 Å². The van der Waals surface area contributed by atoms with Crippen molar-refractivity contribution in [2.24, 2.45) is 0 Å². The highest BCUT2D eigenvalue weighted by molar-refractivity contribution is 6.02. The standard InChI is InChI=1S/C24H23N5O2/c30-23(29-13-4-7-20(12-14-29)19-5-2-1-3-6-19)11-9-18-8-10-22(26-15-18)28-24(31)21-16-25-17-27-21/h1-3,5-11,15-17H,4,12-14H2,(H,25,27)(H,26,28,31)/b11-9+. The second-order valence-corrected chi connectivity index (χ2v) is 7.19. The van der Waals surface area contributed by atoms with Gasteiger partial charge in [-0.25, -0.2) is 9.97 Å². The van der Waals surface area contributed by atoms with Crippen molar-refractivity contribution in [2.75, 3.05) is 18.4 Å². The van der Waals surface area contributed by atoms with Gasteiger partial charge in [0.1, 0.15) is 11.5 Å². The quantitative estimate of drug-likeness (QED) is 0.623.